The third kappa shape index (κ3) is 4.76. The van der Waals surface area contributed by atoms with E-state index in [1.807, 2.05) is 11.8 Å². The number of likely N-dealkylation sites (tertiary alicyclic amines) is 1. The molecule has 3 aliphatic heterocycles. The van der Waals surface area contributed by atoms with E-state index in [2.05, 4.69) is 11.6 Å². The maximum atomic E-state index is 15.1. The van der Waals surface area contributed by atoms with Gasteiger partial charge >= 0.3 is 5.69 Å². The van der Waals surface area contributed by atoms with Crippen LogP contribution in [0.5, 0.6) is 11.5 Å². The third-order valence-electron chi connectivity index (χ3n) is 8.23. The number of phenols is 1. The Hall–Kier alpha value is -3.77. The maximum Gasteiger partial charge on any atom is 0.350 e. The number of alkyl halides is 2. The number of hydrogen-bond acceptors (Lipinski definition) is 7. The Morgan fingerprint density at radius 3 is 2.74 bits per heavy atom. The molecular formula is C29H29ClF3N5O4. The Balaban J connectivity index is 1.54. The van der Waals surface area contributed by atoms with E-state index in [0.29, 0.717) is 30.8 Å². The minimum absolute atomic E-state index is 0.0666. The van der Waals surface area contributed by atoms with E-state index in [9.17, 15) is 23.5 Å². The quantitative estimate of drug-likeness (QED) is 0.440. The van der Waals surface area contributed by atoms with Crippen LogP contribution < -0.4 is 15.3 Å². The summed E-state index contributed by atoms with van der Waals surface area (Å²) in [5, 5.41) is 11.1. The molecule has 2 saturated heterocycles. The zero-order valence-corrected chi connectivity index (χ0v) is 23.6. The van der Waals surface area contributed by atoms with Gasteiger partial charge in [-0.15, -0.1) is 0 Å². The highest BCUT2D eigenvalue weighted by atomic mass is 35.5. The lowest BCUT2D eigenvalue weighted by Gasteiger charge is -2.41. The molecule has 0 aliphatic carbocycles. The van der Waals surface area contributed by atoms with Crippen LogP contribution in [0.2, 0.25) is 5.02 Å². The first-order valence-corrected chi connectivity index (χ1v) is 14.0. The Labute approximate surface area is 244 Å². The number of anilines is 1. The van der Waals surface area contributed by atoms with Crippen LogP contribution in [0, 0.1) is 5.82 Å². The predicted octanol–water partition coefficient (Wildman–Crippen LogP) is 4.06. The van der Waals surface area contributed by atoms with Crippen molar-refractivity contribution >= 4 is 34.2 Å². The van der Waals surface area contributed by atoms with Gasteiger partial charge in [0.25, 0.3) is 5.92 Å². The zero-order chi connectivity index (χ0) is 29.9. The fourth-order valence-corrected chi connectivity index (χ4v) is 6.56. The number of nitrogens with zero attached hydrogens (tertiary/aromatic N) is 5. The highest BCUT2D eigenvalue weighted by Gasteiger charge is 2.41. The molecular weight excluding hydrogens is 575 g/mol. The second-order valence-electron chi connectivity index (χ2n) is 11.0. The summed E-state index contributed by atoms with van der Waals surface area (Å²) in [7, 11) is 0. The second kappa shape index (κ2) is 10.5. The topological polar surface area (TPSA) is 91.1 Å². The normalized spacial score (nSPS) is 21.9. The van der Waals surface area contributed by atoms with E-state index >= 15 is 4.39 Å². The number of ether oxygens (including phenoxy) is 1. The van der Waals surface area contributed by atoms with Crippen molar-refractivity contribution in [3.05, 3.63) is 58.2 Å². The summed E-state index contributed by atoms with van der Waals surface area (Å²) in [6.07, 6.45) is 0.978. The van der Waals surface area contributed by atoms with Crippen molar-refractivity contribution in [2.24, 2.45) is 0 Å². The molecule has 3 aromatic rings. The van der Waals surface area contributed by atoms with Crippen LogP contribution in [0.4, 0.5) is 19.0 Å². The number of carbonyl (C=O) groups is 1. The van der Waals surface area contributed by atoms with Crippen molar-refractivity contribution < 1.29 is 27.8 Å². The molecule has 2 fully saturated rings. The molecule has 2 atom stereocenters. The Morgan fingerprint density at radius 2 is 2.07 bits per heavy atom. The molecule has 13 heteroatoms. The number of carbonyl (C=O) groups excluding carboxylic acids is 1. The van der Waals surface area contributed by atoms with E-state index in [1.165, 1.54) is 28.8 Å². The minimum atomic E-state index is -2.82. The van der Waals surface area contributed by atoms with Gasteiger partial charge in [0, 0.05) is 50.6 Å². The molecule has 1 aromatic heterocycles. The maximum absolute atomic E-state index is 15.1. The van der Waals surface area contributed by atoms with Crippen LogP contribution in [0.3, 0.4) is 0 Å². The number of piperazine rings is 1. The average Bonchev–Trinajstić information content (AvgIpc) is 3.29. The van der Waals surface area contributed by atoms with E-state index < -0.39 is 30.0 Å². The number of hydrogen-bond donors (Lipinski definition) is 1. The molecule has 6 rings (SSSR count). The standard InChI is InChI=1S/C29H29ClF3N5O4/c1-3-22(40)36-9-10-37(16(2)12-36)27-18-11-19(30)23(24-20(31)5-4-6-21(24)39)26-25(18)38(28(41)34-27)17(14-42-26)13-35-8-7-29(32,33)15-35/h3-6,11,16-17,39H,1,7-10,12-15H2,2H3/t16-,17-/m0/s1. The molecule has 0 bridgehead atoms. The molecule has 1 N–H and O–H groups in total. The van der Waals surface area contributed by atoms with E-state index in [4.69, 9.17) is 16.3 Å². The van der Waals surface area contributed by atoms with Crippen molar-refractivity contribution in [3.8, 4) is 22.6 Å². The van der Waals surface area contributed by atoms with Gasteiger partial charge < -0.3 is 19.6 Å². The van der Waals surface area contributed by atoms with Crippen molar-refractivity contribution in [3.63, 3.8) is 0 Å². The van der Waals surface area contributed by atoms with Crippen LogP contribution in [0.25, 0.3) is 22.0 Å². The average molecular weight is 604 g/mol. The van der Waals surface area contributed by atoms with E-state index in [1.54, 1.807) is 15.9 Å². The zero-order valence-electron chi connectivity index (χ0n) is 22.8. The fraction of sp³-hybridized carbons (Fsp3) is 0.414. The summed E-state index contributed by atoms with van der Waals surface area (Å²) in [5.41, 5.74) is -0.447. The number of amides is 1. The highest BCUT2D eigenvalue weighted by Crippen LogP contribution is 2.49. The van der Waals surface area contributed by atoms with Gasteiger partial charge in [-0.3, -0.25) is 14.3 Å². The second-order valence-corrected chi connectivity index (χ2v) is 11.4. The molecule has 42 heavy (non-hydrogen) atoms. The van der Waals surface area contributed by atoms with Crippen LogP contribution in [-0.4, -0.2) is 88.2 Å². The van der Waals surface area contributed by atoms with Crippen molar-refractivity contribution in [2.45, 2.75) is 31.4 Å². The number of aromatic hydroxyl groups is 1. The van der Waals surface area contributed by atoms with Crippen LogP contribution >= 0.6 is 11.6 Å². The summed E-state index contributed by atoms with van der Waals surface area (Å²) in [5.74, 6) is -3.71. The number of rotatable bonds is 5. The highest BCUT2D eigenvalue weighted by molar-refractivity contribution is 6.35. The molecule has 0 saturated carbocycles. The van der Waals surface area contributed by atoms with Crippen LogP contribution in [0.15, 0.2) is 41.7 Å². The Morgan fingerprint density at radius 1 is 1.29 bits per heavy atom. The van der Waals surface area contributed by atoms with Crippen LogP contribution in [-0.2, 0) is 4.79 Å². The number of aromatic nitrogens is 2. The first-order valence-electron chi connectivity index (χ1n) is 13.7. The monoisotopic (exact) mass is 603 g/mol. The van der Waals surface area contributed by atoms with Crippen molar-refractivity contribution in [1.82, 2.24) is 19.4 Å². The van der Waals surface area contributed by atoms with Crippen molar-refractivity contribution in [2.75, 3.05) is 50.8 Å². The summed E-state index contributed by atoms with van der Waals surface area (Å²) >= 11 is 6.77. The van der Waals surface area contributed by atoms with Gasteiger partial charge in [-0.05, 0) is 31.2 Å². The Kier molecular flexibility index (Phi) is 7.09. The smallest absolute Gasteiger partial charge is 0.350 e. The number of phenolic OH excluding ortho intramolecular Hbond substituents is 1. The summed E-state index contributed by atoms with van der Waals surface area (Å²) in [6.45, 7) is 6.32. The molecule has 4 heterocycles. The first kappa shape index (κ1) is 28.4. The van der Waals surface area contributed by atoms with Crippen molar-refractivity contribution in [1.29, 1.82) is 0 Å². The van der Waals surface area contributed by atoms with Gasteiger partial charge in [0.1, 0.15) is 24.0 Å². The molecule has 0 unspecified atom stereocenters. The van der Waals surface area contributed by atoms with E-state index in [-0.39, 0.29) is 71.2 Å². The third-order valence-corrected chi connectivity index (χ3v) is 8.53. The van der Waals surface area contributed by atoms with Gasteiger partial charge in [0.15, 0.2) is 5.75 Å². The van der Waals surface area contributed by atoms with Gasteiger partial charge in [0.05, 0.1) is 34.3 Å². The van der Waals surface area contributed by atoms with Gasteiger partial charge in [-0.1, -0.05) is 24.2 Å². The predicted molar refractivity (Wildman–Crippen MR) is 152 cm³/mol. The van der Waals surface area contributed by atoms with Gasteiger partial charge in [-0.2, -0.15) is 4.98 Å². The molecule has 3 aliphatic rings. The Bertz CT molecular complexity index is 1640. The fourth-order valence-electron chi connectivity index (χ4n) is 6.27. The van der Waals surface area contributed by atoms with Gasteiger partial charge in [0.2, 0.25) is 5.91 Å². The number of benzene rings is 2. The molecule has 222 valence electrons. The largest absolute Gasteiger partial charge is 0.507 e. The number of halogens is 4. The lowest BCUT2D eigenvalue weighted by atomic mass is 9.98. The molecule has 1 amide bonds. The lowest BCUT2D eigenvalue weighted by Crippen LogP contribution is -2.54. The SMILES string of the molecule is C=CC(=O)N1CCN(c2nc(=O)n3c4c(c(-c5c(O)cccc5F)c(Cl)cc24)OC[C@@H]3CN2CCC(F)(F)C2)[C@@H](C)C1. The minimum Gasteiger partial charge on any atom is -0.507 e. The van der Waals surface area contributed by atoms with E-state index in [0.717, 1.165) is 0 Å². The van der Waals surface area contributed by atoms with Crippen LogP contribution in [0.1, 0.15) is 19.4 Å². The van der Waals surface area contributed by atoms with Gasteiger partial charge in [-0.25, -0.2) is 18.0 Å². The summed E-state index contributed by atoms with van der Waals surface area (Å²) < 4.78 is 50.7. The molecule has 9 nitrogen and oxygen atoms in total. The molecule has 0 spiro atoms. The first-order chi connectivity index (χ1) is 20.0. The lowest BCUT2D eigenvalue weighted by molar-refractivity contribution is -0.126. The summed E-state index contributed by atoms with van der Waals surface area (Å²) in [6, 6.07) is 4.51. The summed E-state index contributed by atoms with van der Waals surface area (Å²) in [4.78, 5) is 35.6. The molecule has 2 aromatic carbocycles. The molecule has 0 radical (unpaired) electrons.